The molecular formula is C24H31FN5O2P. The molecule has 1 heterocycles. The van der Waals surface area contributed by atoms with E-state index in [-0.39, 0.29) is 11.6 Å². The minimum atomic E-state index is -0.623. The number of nitrogens with one attached hydrogen (secondary N) is 2. The molecule has 0 radical (unpaired) electrons. The van der Waals surface area contributed by atoms with Crippen molar-refractivity contribution >= 4 is 38.4 Å². The Bertz CT molecular complexity index is 1020. The fraction of sp³-hybridized carbons (Fsp3) is 0.375. The van der Waals surface area contributed by atoms with Gasteiger partial charge in [0.2, 0.25) is 6.41 Å². The van der Waals surface area contributed by atoms with Crippen LogP contribution in [0.1, 0.15) is 42.1 Å². The molecule has 3 rings (SSSR count). The SMILES string of the molecule is C/C(=C/N(C)c1ccc(CC(CC2CC2)NC(=O)c2cc(P)c(N)cc2F)cn1)CNC=O. The van der Waals surface area contributed by atoms with Gasteiger partial charge in [-0.2, -0.15) is 0 Å². The summed E-state index contributed by atoms with van der Waals surface area (Å²) in [5.74, 6) is 0.303. The first-order chi connectivity index (χ1) is 15.8. The quantitative estimate of drug-likeness (QED) is 0.266. The Kier molecular flexibility index (Phi) is 8.39. The van der Waals surface area contributed by atoms with E-state index in [1.165, 1.54) is 12.1 Å². The molecule has 1 fully saturated rings. The fourth-order valence-electron chi connectivity index (χ4n) is 3.67. The molecule has 2 unspecified atom stereocenters. The summed E-state index contributed by atoms with van der Waals surface area (Å²) in [6, 6.07) is 6.44. The maximum absolute atomic E-state index is 14.3. The van der Waals surface area contributed by atoms with E-state index in [9.17, 15) is 14.0 Å². The maximum Gasteiger partial charge on any atom is 0.254 e. The number of anilines is 2. The Balaban J connectivity index is 1.67. The first-order valence-corrected chi connectivity index (χ1v) is 11.5. The van der Waals surface area contributed by atoms with Crippen molar-refractivity contribution in [2.45, 2.75) is 38.6 Å². The summed E-state index contributed by atoms with van der Waals surface area (Å²) in [6.45, 7) is 2.40. The van der Waals surface area contributed by atoms with Gasteiger partial charge in [0.25, 0.3) is 5.91 Å². The van der Waals surface area contributed by atoms with Crippen LogP contribution in [0.2, 0.25) is 0 Å². The van der Waals surface area contributed by atoms with Crippen LogP contribution in [-0.2, 0) is 11.2 Å². The standard InChI is InChI=1S/C24H31FN5O2P/c1-15(11-27-14-31)13-30(2)23-6-5-17(12-28-23)8-18(7-16-3-4-16)29-24(32)19-9-22(33)21(26)10-20(19)25/h5-6,9-10,12-14,16,18H,3-4,7-8,11,26,33H2,1-2H3,(H,27,31)(H,29,32)/b15-13-. The van der Waals surface area contributed by atoms with Gasteiger partial charge in [-0.05, 0) is 60.3 Å². The van der Waals surface area contributed by atoms with Crippen molar-refractivity contribution in [2.75, 3.05) is 24.2 Å². The highest BCUT2D eigenvalue weighted by atomic mass is 31.0. The van der Waals surface area contributed by atoms with Crippen LogP contribution in [0.5, 0.6) is 0 Å². The van der Waals surface area contributed by atoms with E-state index in [0.717, 1.165) is 36.2 Å². The second-order valence-electron chi connectivity index (χ2n) is 8.62. The monoisotopic (exact) mass is 471 g/mol. The number of rotatable bonds is 11. The van der Waals surface area contributed by atoms with Crippen molar-refractivity contribution < 1.29 is 14.0 Å². The van der Waals surface area contributed by atoms with Gasteiger partial charge in [-0.15, -0.1) is 9.24 Å². The van der Waals surface area contributed by atoms with E-state index >= 15 is 0 Å². The van der Waals surface area contributed by atoms with E-state index in [1.807, 2.05) is 37.2 Å². The Hall–Kier alpha value is -2.99. The van der Waals surface area contributed by atoms with E-state index in [2.05, 4.69) is 24.9 Å². The van der Waals surface area contributed by atoms with Gasteiger partial charge in [-0.1, -0.05) is 18.9 Å². The third-order valence-corrected chi connectivity index (χ3v) is 6.10. The normalized spacial score (nSPS) is 14.5. The first kappa shape index (κ1) is 24.6. The van der Waals surface area contributed by atoms with Gasteiger partial charge in [0.05, 0.1) is 5.56 Å². The molecule has 176 valence electrons. The Morgan fingerprint density at radius 3 is 2.79 bits per heavy atom. The highest BCUT2D eigenvalue weighted by Gasteiger charge is 2.27. The minimum absolute atomic E-state index is 0.00341. The molecule has 0 saturated heterocycles. The summed E-state index contributed by atoms with van der Waals surface area (Å²) < 4.78 is 14.3. The number of nitrogen functional groups attached to an aromatic ring is 1. The molecule has 9 heteroatoms. The summed E-state index contributed by atoms with van der Waals surface area (Å²) >= 11 is 0. The molecule has 2 aromatic rings. The number of benzene rings is 1. The molecule has 1 aliphatic carbocycles. The smallest absolute Gasteiger partial charge is 0.254 e. The molecule has 4 N–H and O–H groups in total. The van der Waals surface area contributed by atoms with E-state index < -0.39 is 11.7 Å². The summed E-state index contributed by atoms with van der Waals surface area (Å²) in [5.41, 5.74) is 8.00. The van der Waals surface area contributed by atoms with Crippen LogP contribution in [0.4, 0.5) is 15.9 Å². The predicted molar refractivity (Wildman–Crippen MR) is 133 cm³/mol. The molecule has 0 spiro atoms. The van der Waals surface area contributed by atoms with Gasteiger partial charge in [0.15, 0.2) is 0 Å². The number of hydrogen-bond donors (Lipinski definition) is 3. The van der Waals surface area contributed by atoms with Gasteiger partial charge in [0, 0.05) is 37.7 Å². The third-order valence-electron chi connectivity index (χ3n) is 5.60. The molecule has 1 aromatic carbocycles. The molecule has 7 nitrogen and oxygen atoms in total. The Morgan fingerprint density at radius 2 is 2.15 bits per heavy atom. The number of nitrogens with zero attached hydrogens (tertiary/aromatic N) is 2. The number of carbonyl (C=O) groups is 2. The number of nitrogens with two attached hydrogens (primary N) is 1. The van der Waals surface area contributed by atoms with Crippen LogP contribution in [-0.4, -0.2) is 36.9 Å². The second kappa shape index (κ2) is 11.2. The molecule has 2 amide bonds. The molecule has 0 bridgehead atoms. The number of carbonyl (C=O) groups excluding carboxylic acids is 2. The highest BCUT2D eigenvalue weighted by molar-refractivity contribution is 7.28. The van der Waals surface area contributed by atoms with Crippen LogP contribution in [0.3, 0.4) is 0 Å². The molecule has 33 heavy (non-hydrogen) atoms. The minimum Gasteiger partial charge on any atom is -0.398 e. The van der Waals surface area contributed by atoms with E-state index in [0.29, 0.717) is 36.3 Å². The number of hydrogen-bond acceptors (Lipinski definition) is 5. The molecular weight excluding hydrogens is 440 g/mol. The molecule has 1 saturated carbocycles. The van der Waals surface area contributed by atoms with Crippen molar-refractivity contribution in [3.8, 4) is 0 Å². The number of pyridine rings is 1. The van der Waals surface area contributed by atoms with E-state index in [1.54, 1.807) is 6.20 Å². The number of aromatic nitrogens is 1. The van der Waals surface area contributed by atoms with Crippen molar-refractivity contribution in [3.05, 3.63) is 59.2 Å². The lowest BCUT2D eigenvalue weighted by Crippen LogP contribution is -2.37. The highest BCUT2D eigenvalue weighted by Crippen LogP contribution is 2.34. The van der Waals surface area contributed by atoms with Crippen LogP contribution >= 0.6 is 9.24 Å². The molecule has 0 aliphatic heterocycles. The van der Waals surface area contributed by atoms with Crippen molar-refractivity contribution in [2.24, 2.45) is 5.92 Å². The van der Waals surface area contributed by atoms with Gasteiger partial charge >= 0.3 is 0 Å². The van der Waals surface area contributed by atoms with Gasteiger partial charge in [-0.25, -0.2) is 9.37 Å². The third kappa shape index (κ3) is 7.26. The summed E-state index contributed by atoms with van der Waals surface area (Å²) in [5, 5.41) is 6.24. The first-order valence-electron chi connectivity index (χ1n) is 10.9. The van der Waals surface area contributed by atoms with Crippen LogP contribution in [0.25, 0.3) is 0 Å². The predicted octanol–water partition coefficient (Wildman–Crippen LogP) is 2.53. The lowest BCUT2D eigenvalue weighted by atomic mass is 10.0. The zero-order valence-electron chi connectivity index (χ0n) is 19.0. The lowest BCUT2D eigenvalue weighted by molar-refractivity contribution is -0.109. The summed E-state index contributed by atoms with van der Waals surface area (Å²) in [4.78, 5) is 29.7. The summed E-state index contributed by atoms with van der Waals surface area (Å²) in [6.07, 6.45) is 8.16. The van der Waals surface area contributed by atoms with Gasteiger partial charge in [-0.3, -0.25) is 9.59 Å². The van der Waals surface area contributed by atoms with E-state index in [4.69, 9.17) is 5.73 Å². The maximum atomic E-state index is 14.3. The number of halogens is 1. The van der Waals surface area contributed by atoms with Crippen molar-refractivity contribution in [1.82, 2.24) is 15.6 Å². The second-order valence-corrected chi connectivity index (χ2v) is 9.25. The van der Waals surface area contributed by atoms with Crippen LogP contribution in [0, 0.1) is 11.7 Å². The molecule has 1 aromatic heterocycles. The zero-order chi connectivity index (χ0) is 24.0. The topological polar surface area (TPSA) is 100 Å². The number of amides is 2. The average molecular weight is 472 g/mol. The van der Waals surface area contributed by atoms with Crippen molar-refractivity contribution in [1.29, 1.82) is 0 Å². The van der Waals surface area contributed by atoms with Crippen LogP contribution in [0.15, 0.2) is 42.2 Å². The fourth-order valence-corrected chi connectivity index (χ4v) is 3.92. The zero-order valence-corrected chi connectivity index (χ0v) is 20.1. The van der Waals surface area contributed by atoms with Gasteiger partial charge in [0.1, 0.15) is 11.6 Å². The Morgan fingerprint density at radius 1 is 1.39 bits per heavy atom. The van der Waals surface area contributed by atoms with Gasteiger partial charge < -0.3 is 21.3 Å². The largest absolute Gasteiger partial charge is 0.398 e. The molecule has 1 aliphatic rings. The summed E-state index contributed by atoms with van der Waals surface area (Å²) in [7, 11) is 4.32. The Labute approximate surface area is 196 Å². The lowest BCUT2D eigenvalue weighted by Gasteiger charge is -2.20. The molecule has 2 atom stereocenters. The van der Waals surface area contributed by atoms with Crippen LogP contribution < -0.4 is 26.6 Å². The van der Waals surface area contributed by atoms with Crippen molar-refractivity contribution in [3.63, 3.8) is 0 Å². The average Bonchev–Trinajstić information content (AvgIpc) is 3.59.